The van der Waals surface area contributed by atoms with Crippen LogP contribution in [0, 0.1) is 0 Å². The van der Waals surface area contributed by atoms with E-state index in [4.69, 9.17) is 16.3 Å². The number of aromatic nitrogens is 2. The van der Waals surface area contributed by atoms with Gasteiger partial charge in [0.1, 0.15) is 0 Å². The molecule has 1 aromatic heterocycles. The SMILES string of the molecule is CC(C)Oc1nccnc1N1CCN(Cc2ccc(Cl)cc2)C(=O)C1. The van der Waals surface area contributed by atoms with Crippen LogP contribution in [0.5, 0.6) is 5.88 Å². The summed E-state index contributed by atoms with van der Waals surface area (Å²) in [6, 6.07) is 7.57. The van der Waals surface area contributed by atoms with Crippen molar-refractivity contribution in [1.29, 1.82) is 0 Å². The summed E-state index contributed by atoms with van der Waals surface area (Å²) in [5.74, 6) is 1.15. The van der Waals surface area contributed by atoms with Gasteiger partial charge in [-0.2, -0.15) is 0 Å². The Hall–Kier alpha value is -2.34. The van der Waals surface area contributed by atoms with Crippen molar-refractivity contribution in [2.45, 2.75) is 26.5 Å². The third-order valence-corrected chi connectivity index (χ3v) is 4.15. The fourth-order valence-electron chi connectivity index (χ4n) is 2.71. The first-order chi connectivity index (χ1) is 12.0. The summed E-state index contributed by atoms with van der Waals surface area (Å²) in [4.78, 5) is 24.9. The normalized spacial score (nSPS) is 15.0. The Morgan fingerprint density at radius 3 is 2.56 bits per heavy atom. The van der Waals surface area contributed by atoms with Crippen LogP contribution in [0.2, 0.25) is 5.02 Å². The summed E-state index contributed by atoms with van der Waals surface area (Å²) < 4.78 is 5.71. The molecule has 1 amide bonds. The second-order valence-corrected chi connectivity index (χ2v) is 6.65. The summed E-state index contributed by atoms with van der Waals surface area (Å²) in [6.07, 6.45) is 3.21. The van der Waals surface area contributed by atoms with Crippen molar-refractivity contribution in [3.8, 4) is 5.88 Å². The number of carbonyl (C=O) groups is 1. The highest BCUT2D eigenvalue weighted by Gasteiger charge is 2.27. The van der Waals surface area contributed by atoms with E-state index in [-0.39, 0.29) is 18.6 Å². The van der Waals surface area contributed by atoms with Crippen LogP contribution in [-0.2, 0) is 11.3 Å². The largest absolute Gasteiger partial charge is 0.472 e. The second-order valence-electron chi connectivity index (χ2n) is 6.22. The van der Waals surface area contributed by atoms with Crippen LogP contribution < -0.4 is 9.64 Å². The number of hydrogen-bond donors (Lipinski definition) is 0. The van der Waals surface area contributed by atoms with Crippen molar-refractivity contribution in [3.63, 3.8) is 0 Å². The van der Waals surface area contributed by atoms with Gasteiger partial charge >= 0.3 is 0 Å². The number of nitrogens with zero attached hydrogens (tertiary/aromatic N) is 4. The van der Waals surface area contributed by atoms with Gasteiger partial charge < -0.3 is 14.5 Å². The zero-order chi connectivity index (χ0) is 17.8. The van der Waals surface area contributed by atoms with Gasteiger partial charge in [0.2, 0.25) is 5.91 Å². The third-order valence-electron chi connectivity index (χ3n) is 3.90. The van der Waals surface area contributed by atoms with Crippen LogP contribution >= 0.6 is 11.6 Å². The minimum Gasteiger partial charge on any atom is -0.472 e. The number of halogens is 1. The first kappa shape index (κ1) is 17.5. The van der Waals surface area contributed by atoms with E-state index in [0.29, 0.717) is 36.4 Å². The van der Waals surface area contributed by atoms with Gasteiger partial charge in [-0.3, -0.25) is 4.79 Å². The molecule has 1 aliphatic rings. The van der Waals surface area contributed by atoms with Gasteiger partial charge in [0.05, 0.1) is 12.6 Å². The molecule has 7 heteroatoms. The van der Waals surface area contributed by atoms with Crippen LogP contribution in [-0.4, -0.2) is 46.5 Å². The highest BCUT2D eigenvalue weighted by molar-refractivity contribution is 6.30. The minimum atomic E-state index is -0.00246. The maximum absolute atomic E-state index is 12.6. The van der Waals surface area contributed by atoms with Crippen molar-refractivity contribution < 1.29 is 9.53 Å². The Morgan fingerprint density at radius 1 is 1.16 bits per heavy atom. The van der Waals surface area contributed by atoms with Gasteiger partial charge in [0, 0.05) is 37.1 Å². The molecule has 1 saturated heterocycles. The molecule has 2 aromatic rings. The fraction of sp³-hybridized carbons (Fsp3) is 0.389. The number of piperazine rings is 1. The van der Waals surface area contributed by atoms with E-state index in [0.717, 1.165) is 5.56 Å². The van der Waals surface area contributed by atoms with E-state index in [1.165, 1.54) is 0 Å². The highest BCUT2D eigenvalue weighted by atomic mass is 35.5. The van der Waals surface area contributed by atoms with Crippen molar-refractivity contribution in [2.24, 2.45) is 0 Å². The molecule has 1 fully saturated rings. The Balaban J connectivity index is 1.68. The molecule has 0 saturated carbocycles. The third kappa shape index (κ3) is 4.39. The highest BCUT2D eigenvalue weighted by Crippen LogP contribution is 2.25. The molecule has 1 aromatic carbocycles. The van der Waals surface area contributed by atoms with Crippen LogP contribution in [0.1, 0.15) is 19.4 Å². The Labute approximate surface area is 152 Å². The zero-order valence-electron chi connectivity index (χ0n) is 14.4. The first-order valence-corrected chi connectivity index (χ1v) is 8.65. The average Bonchev–Trinajstić information content (AvgIpc) is 2.59. The number of carbonyl (C=O) groups excluding carboxylic acids is 1. The van der Waals surface area contributed by atoms with E-state index >= 15 is 0 Å². The standard InChI is InChI=1S/C18H21ClN4O2/c1-13(2)25-18-17(20-7-8-21-18)23-10-9-22(16(24)12-23)11-14-3-5-15(19)6-4-14/h3-8,13H,9-12H2,1-2H3. The summed E-state index contributed by atoms with van der Waals surface area (Å²) in [5, 5.41) is 0.695. The Kier molecular flexibility index (Phi) is 5.38. The smallest absolute Gasteiger partial charge is 0.257 e. The van der Waals surface area contributed by atoms with Crippen molar-refractivity contribution in [2.75, 3.05) is 24.5 Å². The van der Waals surface area contributed by atoms with Gasteiger partial charge in [-0.15, -0.1) is 0 Å². The lowest BCUT2D eigenvalue weighted by Gasteiger charge is -2.35. The first-order valence-electron chi connectivity index (χ1n) is 8.28. The molecule has 0 atom stereocenters. The predicted octanol–water partition coefficient (Wildman–Crippen LogP) is 2.77. The molecule has 0 spiro atoms. The molecule has 25 heavy (non-hydrogen) atoms. The van der Waals surface area contributed by atoms with E-state index in [1.54, 1.807) is 12.4 Å². The number of anilines is 1. The zero-order valence-corrected chi connectivity index (χ0v) is 15.1. The number of hydrogen-bond acceptors (Lipinski definition) is 5. The number of ether oxygens (including phenoxy) is 1. The second kappa shape index (κ2) is 7.70. The summed E-state index contributed by atoms with van der Waals surface area (Å²) in [7, 11) is 0. The average molecular weight is 361 g/mol. The number of benzene rings is 1. The minimum absolute atomic E-state index is 0.00246. The predicted molar refractivity (Wildman–Crippen MR) is 96.9 cm³/mol. The van der Waals surface area contributed by atoms with Gasteiger partial charge in [0.25, 0.3) is 5.88 Å². The van der Waals surface area contributed by atoms with E-state index in [9.17, 15) is 4.79 Å². The van der Waals surface area contributed by atoms with E-state index in [1.807, 2.05) is 47.9 Å². The summed E-state index contributed by atoms with van der Waals surface area (Å²) in [5.41, 5.74) is 1.06. The van der Waals surface area contributed by atoms with Crippen LogP contribution in [0.15, 0.2) is 36.7 Å². The number of rotatable bonds is 5. The van der Waals surface area contributed by atoms with Gasteiger partial charge in [-0.25, -0.2) is 9.97 Å². The molecule has 0 unspecified atom stereocenters. The van der Waals surface area contributed by atoms with Crippen molar-refractivity contribution in [1.82, 2.24) is 14.9 Å². The molecule has 0 aliphatic carbocycles. The van der Waals surface area contributed by atoms with E-state index in [2.05, 4.69) is 9.97 Å². The molecule has 2 heterocycles. The van der Waals surface area contributed by atoms with Gasteiger partial charge in [-0.1, -0.05) is 23.7 Å². The molecule has 132 valence electrons. The topological polar surface area (TPSA) is 58.6 Å². The van der Waals surface area contributed by atoms with Gasteiger partial charge in [-0.05, 0) is 31.5 Å². The molecule has 0 bridgehead atoms. The Bertz CT molecular complexity index is 736. The molecular formula is C18H21ClN4O2. The molecule has 0 radical (unpaired) electrons. The van der Waals surface area contributed by atoms with Gasteiger partial charge in [0.15, 0.2) is 5.82 Å². The maximum Gasteiger partial charge on any atom is 0.257 e. The lowest BCUT2D eigenvalue weighted by atomic mass is 10.2. The monoisotopic (exact) mass is 360 g/mol. The number of amides is 1. The van der Waals surface area contributed by atoms with Crippen molar-refractivity contribution in [3.05, 3.63) is 47.2 Å². The lowest BCUT2D eigenvalue weighted by molar-refractivity contribution is -0.131. The molecule has 1 aliphatic heterocycles. The summed E-state index contributed by atoms with van der Waals surface area (Å²) >= 11 is 5.91. The lowest BCUT2D eigenvalue weighted by Crippen LogP contribution is -2.50. The summed E-state index contributed by atoms with van der Waals surface area (Å²) in [6.45, 7) is 6.04. The van der Waals surface area contributed by atoms with Crippen molar-refractivity contribution >= 4 is 23.3 Å². The van der Waals surface area contributed by atoms with Crippen LogP contribution in [0.25, 0.3) is 0 Å². The van der Waals surface area contributed by atoms with E-state index < -0.39 is 0 Å². The molecule has 0 N–H and O–H groups in total. The maximum atomic E-state index is 12.6. The molecule has 6 nitrogen and oxygen atoms in total. The van der Waals surface area contributed by atoms with Crippen LogP contribution in [0.3, 0.4) is 0 Å². The molecule has 3 rings (SSSR count). The molecular weight excluding hydrogens is 340 g/mol. The Morgan fingerprint density at radius 2 is 1.88 bits per heavy atom. The quantitative estimate of drug-likeness (QED) is 0.820. The fourth-order valence-corrected chi connectivity index (χ4v) is 2.83. The van der Waals surface area contributed by atoms with Crippen LogP contribution in [0.4, 0.5) is 5.82 Å².